The van der Waals surface area contributed by atoms with E-state index in [1.807, 2.05) is 18.2 Å². The lowest BCUT2D eigenvalue weighted by atomic mass is 10.1. The van der Waals surface area contributed by atoms with Crippen LogP contribution in [-0.4, -0.2) is 31.8 Å². The van der Waals surface area contributed by atoms with Crippen LogP contribution in [0.3, 0.4) is 0 Å². The van der Waals surface area contributed by atoms with E-state index in [1.165, 1.54) is 6.07 Å². The molecule has 0 saturated carbocycles. The predicted molar refractivity (Wildman–Crippen MR) is 77.4 cm³/mol. The number of carboxylic acids is 1. The standard InChI is InChI=1S/C15H17NO5/c1-19-11-4-3-10(9-13(11)20-2)7-8-16-14-6-5-12(21-14)15(17)18/h3-6,9,16H,7-8H2,1-2H3,(H,17,18). The first-order chi connectivity index (χ1) is 10.1. The third-order valence-corrected chi connectivity index (χ3v) is 2.98. The number of methoxy groups -OCH3 is 2. The van der Waals surface area contributed by atoms with E-state index < -0.39 is 5.97 Å². The molecule has 21 heavy (non-hydrogen) atoms. The molecular formula is C15H17NO5. The van der Waals surface area contributed by atoms with Gasteiger partial charge in [0.1, 0.15) is 0 Å². The number of aromatic carboxylic acids is 1. The molecule has 2 aromatic rings. The van der Waals surface area contributed by atoms with Gasteiger partial charge in [-0.05, 0) is 30.2 Å². The number of benzene rings is 1. The fourth-order valence-electron chi connectivity index (χ4n) is 1.91. The summed E-state index contributed by atoms with van der Waals surface area (Å²) in [4.78, 5) is 10.7. The molecule has 0 radical (unpaired) electrons. The molecule has 0 amide bonds. The first-order valence-electron chi connectivity index (χ1n) is 6.42. The summed E-state index contributed by atoms with van der Waals surface area (Å²) >= 11 is 0. The van der Waals surface area contributed by atoms with Gasteiger partial charge in [-0.3, -0.25) is 0 Å². The smallest absolute Gasteiger partial charge is 0.371 e. The molecule has 112 valence electrons. The molecule has 0 atom stereocenters. The second-order valence-electron chi connectivity index (χ2n) is 4.34. The van der Waals surface area contributed by atoms with E-state index in [0.717, 1.165) is 12.0 Å². The average molecular weight is 291 g/mol. The van der Waals surface area contributed by atoms with Crippen molar-refractivity contribution in [2.24, 2.45) is 0 Å². The van der Waals surface area contributed by atoms with Crippen molar-refractivity contribution in [2.45, 2.75) is 6.42 Å². The molecule has 0 aliphatic heterocycles. The maximum absolute atomic E-state index is 10.7. The molecule has 0 aliphatic carbocycles. The highest BCUT2D eigenvalue weighted by Gasteiger charge is 2.08. The number of hydrogen-bond acceptors (Lipinski definition) is 5. The average Bonchev–Trinajstić information content (AvgIpc) is 2.96. The summed E-state index contributed by atoms with van der Waals surface area (Å²) in [5.74, 6) is 0.645. The van der Waals surface area contributed by atoms with Gasteiger partial charge in [0, 0.05) is 12.6 Å². The SMILES string of the molecule is COc1ccc(CCNc2ccc(C(=O)O)o2)cc1OC. The Hall–Kier alpha value is -2.63. The zero-order chi connectivity index (χ0) is 15.2. The van der Waals surface area contributed by atoms with Crippen molar-refractivity contribution >= 4 is 11.9 Å². The zero-order valence-electron chi connectivity index (χ0n) is 11.9. The van der Waals surface area contributed by atoms with Crippen molar-refractivity contribution in [3.8, 4) is 11.5 Å². The first-order valence-corrected chi connectivity index (χ1v) is 6.42. The van der Waals surface area contributed by atoms with Crippen LogP contribution in [0, 0.1) is 0 Å². The number of ether oxygens (including phenoxy) is 2. The normalized spacial score (nSPS) is 10.2. The van der Waals surface area contributed by atoms with Gasteiger partial charge in [-0.25, -0.2) is 4.79 Å². The van der Waals surface area contributed by atoms with Gasteiger partial charge in [0.15, 0.2) is 17.4 Å². The molecule has 0 spiro atoms. The predicted octanol–water partition coefficient (Wildman–Crippen LogP) is 2.65. The Kier molecular flexibility index (Phi) is 4.71. The van der Waals surface area contributed by atoms with Crippen LogP contribution in [0.2, 0.25) is 0 Å². The quantitative estimate of drug-likeness (QED) is 0.816. The van der Waals surface area contributed by atoms with Gasteiger partial charge in [0.25, 0.3) is 0 Å². The lowest BCUT2D eigenvalue weighted by Crippen LogP contribution is -2.04. The third kappa shape index (κ3) is 3.68. The maximum atomic E-state index is 10.7. The van der Waals surface area contributed by atoms with Gasteiger partial charge in [-0.2, -0.15) is 0 Å². The molecule has 0 bridgehead atoms. The lowest BCUT2D eigenvalue weighted by molar-refractivity contribution is 0.0663. The summed E-state index contributed by atoms with van der Waals surface area (Å²) in [6.45, 7) is 0.613. The molecule has 0 saturated heterocycles. The van der Waals surface area contributed by atoms with Crippen LogP contribution in [0.15, 0.2) is 34.7 Å². The van der Waals surface area contributed by atoms with Crippen LogP contribution < -0.4 is 14.8 Å². The fraction of sp³-hybridized carbons (Fsp3) is 0.267. The minimum Gasteiger partial charge on any atom is -0.493 e. The molecule has 1 aromatic heterocycles. The topological polar surface area (TPSA) is 80.9 Å². The second-order valence-corrected chi connectivity index (χ2v) is 4.34. The number of carboxylic acid groups (broad SMARTS) is 1. The molecular weight excluding hydrogens is 274 g/mol. The number of carbonyl (C=O) groups is 1. The van der Waals surface area contributed by atoms with Crippen molar-refractivity contribution < 1.29 is 23.8 Å². The highest BCUT2D eigenvalue weighted by Crippen LogP contribution is 2.27. The van der Waals surface area contributed by atoms with Gasteiger partial charge < -0.3 is 24.3 Å². The van der Waals surface area contributed by atoms with E-state index in [2.05, 4.69) is 5.32 Å². The zero-order valence-corrected chi connectivity index (χ0v) is 11.9. The molecule has 6 heteroatoms. The molecule has 2 rings (SSSR count). The molecule has 0 unspecified atom stereocenters. The van der Waals surface area contributed by atoms with Gasteiger partial charge >= 0.3 is 5.97 Å². The third-order valence-electron chi connectivity index (χ3n) is 2.98. The molecule has 0 aliphatic rings. The number of rotatable bonds is 7. The summed E-state index contributed by atoms with van der Waals surface area (Å²) in [6, 6.07) is 8.72. The van der Waals surface area contributed by atoms with E-state index in [1.54, 1.807) is 20.3 Å². The summed E-state index contributed by atoms with van der Waals surface area (Å²) in [6.07, 6.45) is 0.740. The fourth-order valence-corrected chi connectivity index (χ4v) is 1.91. The number of furan rings is 1. The molecule has 6 nitrogen and oxygen atoms in total. The Balaban J connectivity index is 1.92. The van der Waals surface area contributed by atoms with Crippen molar-refractivity contribution in [2.75, 3.05) is 26.1 Å². The first kappa shape index (κ1) is 14.8. The van der Waals surface area contributed by atoms with Gasteiger partial charge in [0.2, 0.25) is 5.76 Å². The summed E-state index contributed by atoms with van der Waals surface area (Å²) < 4.78 is 15.5. The Bertz CT molecular complexity index is 620. The number of nitrogens with one attached hydrogen (secondary N) is 1. The molecule has 1 heterocycles. The molecule has 1 aromatic carbocycles. The van der Waals surface area contributed by atoms with Crippen LogP contribution in [0.1, 0.15) is 16.1 Å². The van der Waals surface area contributed by atoms with Crippen LogP contribution in [0.4, 0.5) is 5.88 Å². The second kappa shape index (κ2) is 6.69. The van der Waals surface area contributed by atoms with Crippen molar-refractivity contribution in [1.82, 2.24) is 0 Å². The summed E-state index contributed by atoms with van der Waals surface area (Å²) in [5, 5.41) is 11.8. The minimum absolute atomic E-state index is 0.0800. The van der Waals surface area contributed by atoms with E-state index in [4.69, 9.17) is 19.0 Å². The Labute approximate surface area is 122 Å². The van der Waals surface area contributed by atoms with Crippen molar-refractivity contribution in [1.29, 1.82) is 0 Å². The Morgan fingerprint density at radius 3 is 2.57 bits per heavy atom. The van der Waals surface area contributed by atoms with Crippen molar-refractivity contribution in [3.05, 3.63) is 41.7 Å². The highest BCUT2D eigenvalue weighted by molar-refractivity contribution is 5.84. The van der Waals surface area contributed by atoms with Crippen LogP contribution >= 0.6 is 0 Å². The van der Waals surface area contributed by atoms with E-state index in [-0.39, 0.29) is 5.76 Å². The lowest BCUT2D eigenvalue weighted by Gasteiger charge is -2.09. The highest BCUT2D eigenvalue weighted by atomic mass is 16.5. The van der Waals surface area contributed by atoms with E-state index in [9.17, 15) is 4.79 Å². The van der Waals surface area contributed by atoms with Crippen molar-refractivity contribution in [3.63, 3.8) is 0 Å². The van der Waals surface area contributed by atoms with Crippen LogP contribution in [0.5, 0.6) is 11.5 Å². The van der Waals surface area contributed by atoms with E-state index in [0.29, 0.717) is 23.9 Å². The minimum atomic E-state index is -1.08. The maximum Gasteiger partial charge on any atom is 0.371 e. The number of hydrogen-bond donors (Lipinski definition) is 2. The summed E-state index contributed by atoms with van der Waals surface area (Å²) in [5.41, 5.74) is 1.07. The summed E-state index contributed by atoms with van der Waals surface area (Å²) in [7, 11) is 3.19. The largest absolute Gasteiger partial charge is 0.493 e. The molecule has 2 N–H and O–H groups in total. The van der Waals surface area contributed by atoms with Gasteiger partial charge in [-0.15, -0.1) is 0 Å². The van der Waals surface area contributed by atoms with Gasteiger partial charge in [0.05, 0.1) is 14.2 Å². The molecule has 0 fully saturated rings. The Morgan fingerprint density at radius 2 is 1.95 bits per heavy atom. The number of anilines is 1. The van der Waals surface area contributed by atoms with E-state index >= 15 is 0 Å². The van der Waals surface area contributed by atoms with Crippen LogP contribution in [0.25, 0.3) is 0 Å². The monoisotopic (exact) mass is 291 g/mol. The van der Waals surface area contributed by atoms with Gasteiger partial charge in [-0.1, -0.05) is 6.07 Å². The Morgan fingerprint density at radius 1 is 1.19 bits per heavy atom. The van der Waals surface area contributed by atoms with Crippen LogP contribution in [-0.2, 0) is 6.42 Å².